The Morgan fingerprint density at radius 3 is 2.56 bits per heavy atom. The number of rotatable bonds is 6. The molecule has 0 aromatic carbocycles. The first kappa shape index (κ1) is 18.6. The fourth-order valence-electron chi connectivity index (χ4n) is 2.53. The molecule has 0 aliphatic rings. The Labute approximate surface area is 146 Å². The zero-order valence-electron chi connectivity index (χ0n) is 14.8. The SMILES string of the molecule is CN(C)CC(C)(C)CNC(=O)c1nc(-c2ccccn2)nc(O)c1O. The zero-order chi connectivity index (χ0) is 18.6. The molecule has 3 N–H and O–H groups in total. The van der Waals surface area contributed by atoms with Gasteiger partial charge in [0.15, 0.2) is 11.5 Å². The van der Waals surface area contributed by atoms with Gasteiger partial charge >= 0.3 is 0 Å². The maximum absolute atomic E-state index is 12.4. The normalized spacial score (nSPS) is 11.6. The van der Waals surface area contributed by atoms with Crippen molar-refractivity contribution in [3.05, 3.63) is 30.1 Å². The Bertz CT molecular complexity index is 747. The molecule has 0 atom stereocenters. The quantitative estimate of drug-likeness (QED) is 0.723. The van der Waals surface area contributed by atoms with E-state index < -0.39 is 17.5 Å². The highest BCUT2D eigenvalue weighted by molar-refractivity contribution is 5.95. The summed E-state index contributed by atoms with van der Waals surface area (Å²) >= 11 is 0. The Kier molecular flexibility index (Phi) is 5.53. The Morgan fingerprint density at radius 1 is 1.24 bits per heavy atom. The van der Waals surface area contributed by atoms with Crippen LogP contribution in [0.25, 0.3) is 11.5 Å². The van der Waals surface area contributed by atoms with E-state index >= 15 is 0 Å². The van der Waals surface area contributed by atoms with Crippen molar-refractivity contribution in [2.75, 3.05) is 27.2 Å². The van der Waals surface area contributed by atoms with Gasteiger partial charge in [-0.15, -0.1) is 0 Å². The van der Waals surface area contributed by atoms with Crippen LogP contribution in [-0.4, -0.2) is 63.2 Å². The van der Waals surface area contributed by atoms with Crippen LogP contribution in [0.3, 0.4) is 0 Å². The van der Waals surface area contributed by atoms with Crippen LogP contribution in [0, 0.1) is 5.41 Å². The van der Waals surface area contributed by atoms with Gasteiger partial charge in [0.2, 0.25) is 5.75 Å². The molecule has 0 aliphatic heterocycles. The van der Waals surface area contributed by atoms with Crippen LogP contribution in [0.2, 0.25) is 0 Å². The predicted molar refractivity (Wildman–Crippen MR) is 93.3 cm³/mol. The van der Waals surface area contributed by atoms with E-state index in [0.717, 1.165) is 6.54 Å². The number of nitrogens with zero attached hydrogens (tertiary/aromatic N) is 4. The van der Waals surface area contributed by atoms with E-state index in [4.69, 9.17) is 0 Å². The number of amides is 1. The van der Waals surface area contributed by atoms with Crippen LogP contribution in [0.5, 0.6) is 11.6 Å². The summed E-state index contributed by atoms with van der Waals surface area (Å²) in [5.74, 6) is -1.83. The lowest BCUT2D eigenvalue weighted by atomic mass is 9.93. The van der Waals surface area contributed by atoms with E-state index in [-0.39, 0.29) is 16.9 Å². The lowest BCUT2D eigenvalue weighted by Gasteiger charge is -2.28. The van der Waals surface area contributed by atoms with Crippen molar-refractivity contribution in [2.45, 2.75) is 13.8 Å². The highest BCUT2D eigenvalue weighted by Gasteiger charge is 2.24. The third-order valence-corrected chi connectivity index (χ3v) is 3.45. The van der Waals surface area contributed by atoms with Gasteiger partial charge < -0.3 is 20.4 Å². The van der Waals surface area contributed by atoms with Gasteiger partial charge in [0.1, 0.15) is 5.69 Å². The van der Waals surface area contributed by atoms with Gasteiger partial charge in [-0.2, -0.15) is 4.98 Å². The third kappa shape index (κ3) is 4.87. The summed E-state index contributed by atoms with van der Waals surface area (Å²) in [5, 5.41) is 22.5. The molecular weight excluding hydrogens is 322 g/mol. The lowest BCUT2D eigenvalue weighted by Crippen LogP contribution is -2.40. The van der Waals surface area contributed by atoms with Gasteiger partial charge in [0.05, 0.1) is 0 Å². The maximum atomic E-state index is 12.4. The van der Waals surface area contributed by atoms with Crippen LogP contribution in [0.15, 0.2) is 24.4 Å². The largest absolute Gasteiger partial charge is 0.501 e. The van der Waals surface area contributed by atoms with E-state index in [1.165, 1.54) is 0 Å². The molecule has 2 aromatic heterocycles. The molecule has 2 rings (SSSR count). The molecule has 0 fully saturated rings. The average molecular weight is 345 g/mol. The smallest absolute Gasteiger partial charge is 0.274 e. The Morgan fingerprint density at radius 2 is 1.96 bits per heavy atom. The summed E-state index contributed by atoms with van der Waals surface area (Å²) in [5.41, 5.74) is -0.0678. The minimum absolute atomic E-state index is 0.0635. The van der Waals surface area contributed by atoms with Gasteiger partial charge in [-0.25, -0.2) is 4.98 Å². The first-order chi connectivity index (χ1) is 11.7. The van der Waals surface area contributed by atoms with E-state index in [9.17, 15) is 15.0 Å². The molecule has 0 bridgehead atoms. The molecule has 0 aliphatic carbocycles. The number of aromatic nitrogens is 3. The fraction of sp³-hybridized carbons (Fsp3) is 0.412. The highest BCUT2D eigenvalue weighted by atomic mass is 16.3. The molecule has 8 nitrogen and oxygen atoms in total. The topological polar surface area (TPSA) is 111 Å². The standard InChI is InChI=1S/C17H23N5O3/c1-17(2,10-22(3)4)9-19-15(24)12-13(23)16(25)21-14(20-12)11-7-5-6-8-18-11/h5-8,23H,9-10H2,1-4H3,(H,19,24)(H,20,21,25). The van der Waals surface area contributed by atoms with Crippen molar-refractivity contribution < 1.29 is 15.0 Å². The van der Waals surface area contributed by atoms with E-state index in [1.807, 2.05) is 32.8 Å². The average Bonchev–Trinajstić information content (AvgIpc) is 2.55. The van der Waals surface area contributed by atoms with Gasteiger partial charge in [-0.3, -0.25) is 9.78 Å². The van der Waals surface area contributed by atoms with Crippen molar-refractivity contribution in [3.63, 3.8) is 0 Å². The summed E-state index contributed by atoms with van der Waals surface area (Å²) in [4.78, 5) is 26.4. The third-order valence-electron chi connectivity index (χ3n) is 3.45. The summed E-state index contributed by atoms with van der Waals surface area (Å²) < 4.78 is 0. The molecule has 2 aromatic rings. The number of pyridine rings is 1. The molecule has 134 valence electrons. The Balaban J connectivity index is 2.23. The second kappa shape index (κ2) is 7.43. The lowest BCUT2D eigenvalue weighted by molar-refractivity contribution is 0.0920. The van der Waals surface area contributed by atoms with Crippen LogP contribution >= 0.6 is 0 Å². The van der Waals surface area contributed by atoms with E-state index in [2.05, 4.69) is 20.3 Å². The molecule has 0 radical (unpaired) electrons. The van der Waals surface area contributed by atoms with Crippen molar-refractivity contribution in [1.82, 2.24) is 25.2 Å². The van der Waals surface area contributed by atoms with Gasteiger partial charge in [0, 0.05) is 19.3 Å². The van der Waals surface area contributed by atoms with Crippen molar-refractivity contribution >= 4 is 5.91 Å². The fourth-order valence-corrected chi connectivity index (χ4v) is 2.53. The monoisotopic (exact) mass is 345 g/mol. The maximum Gasteiger partial charge on any atom is 0.274 e. The van der Waals surface area contributed by atoms with Crippen molar-refractivity contribution in [2.24, 2.45) is 5.41 Å². The molecule has 0 saturated carbocycles. The molecule has 0 unspecified atom stereocenters. The molecule has 25 heavy (non-hydrogen) atoms. The highest BCUT2D eigenvalue weighted by Crippen LogP contribution is 2.28. The van der Waals surface area contributed by atoms with Crippen molar-refractivity contribution in [1.29, 1.82) is 0 Å². The zero-order valence-corrected chi connectivity index (χ0v) is 14.8. The molecular formula is C17H23N5O3. The minimum atomic E-state index is -0.659. The second-order valence-electron chi connectivity index (χ2n) is 6.87. The first-order valence-electron chi connectivity index (χ1n) is 7.84. The number of hydrogen-bond donors (Lipinski definition) is 3. The molecule has 0 spiro atoms. The number of nitrogens with one attached hydrogen (secondary N) is 1. The van der Waals surface area contributed by atoms with Crippen molar-refractivity contribution in [3.8, 4) is 23.1 Å². The second-order valence-corrected chi connectivity index (χ2v) is 6.87. The van der Waals surface area contributed by atoms with Crippen LogP contribution in [-0.2, 0) is 0 Å². The van der Waals surface area contributed by atoms with Crippen LogP contribution < -0.4 is 5.32 Å². The van der Waals surface area contributed by atoms with Crippen LogP contribution in [0.4, 0.5) is 0 Å². The first-order valence-corrected chi connectivity index (χ1v) is 7.84. The summed E-state index contributed by atoms with van der Waals surface area (Å²) in [6, 6.07) is 5.11. The van der Waals surface area contributed by atoms with Gasteiger partial charge in [-0.1, -0.05) is 19.9 Å². The van der Waals surface area contributed by atoms with Gasteiger partial charge in [-0.05, 0) is 31.6 Å². The molecule has 2 heterocycles. The summed E-state index contributed by atoms with van der Waals surface area (Å²) in [6.45, 7) is 5.19. The number of hydrogen-bond acceptors (Lipinski definition) is 7. The molecule has 1 amide bonds. The Hall–Kier alpha value is -2.74. The van der Waals surface area contributed by atoms with E-state index in [0.29, 0.717) is 12.2 Å². The predicted octanol–water partition coefficient (Wildman–Crippen LogP) is 1.27. The number of aromatic hydroxyl groups is 2. The number of carbonyl (C=O) groups excluding carboxylic acids is 1. The van der Waals surface area contributed by atoms with Gasteiger partial charge in [0.25, 0.3) is 11.8 Å². The van der Waals surface area contributed by atoms with E-state index in [1.54, 1.807) is 24.4 Å². The molecule has 8 heteroatoms. The number of carbonyl (C=O) groups is 1. The summed E-state index contributed by atoms with van der Waals surface area (Å²) in [7, 11) is 3.91. The molecule has 0 saturated heterocycles. The summed E-state index contributed by atoms with van der Waals surface area (Å²) in [6.07, 6.45) is 1.55. The minimum Gasteiger partial charge on any atom is -0.501 e. The van der Waals surface area contributed by atoms with Crippen LogP contribution in [0.1, 0.15) is 24.3 Å².